The lowest BCUT2D eigenvalue weighted by Gasteiger charge is -2.11. The number of benzene rings is 1. The minimum Gasteiger partial charge on any atom is -0.469 e. The standard InChI is InChI=1S/C11H10BF3O2/c1-17-11(16)4-7(12)2-6-3-9(14)10(15)5-8(6)13/h3,5,7H,2,4H2,1H3. The first kappa shape index (κ1) is 13.6. The minimum absolute atomic E-state index is 0.0692. The third-order valence-corrected chi connectivity index (χ3v) is 2.23. The van der Waals surface area contributed by atoms with Crippen molar-refractivity contribution < 1.29 is 22.7 Å². The van der Waals surface area contributed by atoms with Crippen molar-refractivity contribution in [2.45, 2.75) is 18.7 Å². The topological polar surface area (TPSA) is 26.3 Å². The van der Waals surface area contributed by atoms with E-state index in [0.29, 0.717) is 6.07 Å². The Morgan fingerprint density at radius 2 is 1.88 bits per heavy atom. The number of hydrogen-bond acceptors (Lipinski definition) is 2. The Balaban J connectivity index is 2.74. The predicted octanol–water partition coefficient (Wildman–Crippen LogP) is 2.17. The molecule has 0 amide bonds. The van der Waals surface area contributed by atoms with Crippen LogP contribution >= 0.6 is 0 Å². The molecule has 0 spiro atoms. The van der Waals surface area contributed by atoms with Crippen LogP contribution in [0, 0.1) is 17.5 Å². The summed E-state index contributed by atoms with van der Waals surface area (Å²) in [5.41, 5.74) is -0.0692. The number of carbonyl (C=O) groups excluding carboxylic acids is 1. The minimum atomic E-state index is -1.26. The fourth-order valence-electron chi connectivity index (χ4n) is 1.37. The number of ether oxygens (including phenoxy) is 1. The Hall–Kier alpha value is -1.46. The van der Waals surface area contributed by atoms with Crippen LogP contribution in [0.3, 0.4) is 0 Å². The lowest BCUT2D eigenvalue weighted by Crippen LogP contribution is -2.09. The van der Waals surface area contributed by atoms with Gasteiger partial charge < -0.3 is 4.74 Å². The van der Waals surface area contributed by atoms with Gasteiger partial charge in [0.1, 0.15) is 5.82 Å². The average molecular weight is 242 g/mol. The Morgan fingerprint density at radius 1 is 1.29 bits per heavy atom. The van der Waals surface area contributed by atoms with E-state index in [1.54, 1.807) is 0 Å². The number of esters is 1. The SMILES string of the molecule is [B]C(CC(=O)OC)Cc1cc(F)c(F)cc1F. The van der Waals surface area contributed by atoms with E-state index >= 15 is 0 Å². The van der Waals surface area contributed by atoms with Crippen LogP contribution in [0.5, 0.6) is 0 Å². The maximum absolute atomic E-state index is 13.2. The summed E-state index contributed by atoms with van der Waals surface area (Å²) >= 11 is 0. The molecule has 0 aliphatic heterocycles. The zero-order chi connectivity index (χ0) is 13.0. The van der Waals surface area contributed by atoms with E-state index in [0.717, 1.165) is 6.07 Å². The molecule has 0 heterocycles. The number of rotatable bonds is 4. The van der Waals surface area contributed by atoms with Gasteiger partial charge in [0, 0.05) is 12.5 Å². The quantitative estimate of drug-likeness (QED) is 0.459. The Bertz CT molecular complexity index is 423. The molecule has 1 rings (SSSR count). The van der Waals surface area contributed by atoms with E-state index in [9.17, 15) is 18.0 Å². The summed E-state index contributed by atoms with van der Waals surface area (Å²) in [6, 6.07) is 1.19. The molecule has 1 unspecified atom stereocenters. The molecule has 0 aromatic heterocycles. The lowest BCUT2D eigenvalue weighted by atomic mass is 9.79. The van der Waals surface area contributed by atoms with E-state index in [4.69, 9.17) is 7.85 Å². The molecule has 17 heavy (non-hydrogen) atoms. The summed E-state index contributed by atoms with van der Waals surface area (Å²) in [5.74, 6) is -4.54. The summed E-state index contributed by atoms with van der Waals surface area (Å²) in [7, 11) is 6.76. The van der Waals surface area contributed by atoms with Gasteiger partial charge >= 0.3 is 5.97 Å². The zero-order valence-electron chi connectivity index (χ0n) is 9.17. The van der Waals surface area contributed by atoms with Crippen LogP contribution in [-0.4, -0.2) is 20.9 Å². The van der Waals surface area contributed by atoms with Crippen molar-refractivity contribution in [3.63, 3.8) is 0 Å². The molecule has 0 aliphatic rings. The van der Waals surface area contributed by atoms with Gasteiger partial charge in [0.25, 0.3) is 0 Å². The summed E-state index contributed by atoms with van der Waals surface area (Å²) in [6.45, 7) is 0. The Morgan fingerprint density at radius 3 is 2.47 bits per heavy atom. The van der Waals surface area contributed by atoms with Gasteiger partial charge in [-0.3, -0.25) is 4.79 Å². The monoisotopic (exact) mass is 242 g/mol. The van der Waals surface area contributed by atoms with Gasteiger partial charge in [-0.05, 0) is 18.1 Å². The number of carbonyl (C=O) groups is 1. The first-order chi connectivity index (χ1) is 7.93. The van der Waals surface area contributed by atoms with E-state index in [1.165, 1.54) is 7.11 Å². The Kier molecular flexibility index (Phi) is 4.60. The van der Waals surface area contributed by atoms with Gasteiger partial charge in [-0.1, -0.05) is 5.82 Å². The maximum atomic E-state index is 13.2. The van der Waals surface area contributed by atoms with Crippen molar-refractivity contribution >= 4 is 13.8 Å². The number of hydrogen-bond donors (Lipinski definition) is 0. The predicted molar refractivity (Wildman–Crippen MR) is 56.2 cm³/mol. The molecule has 0 fully saturated rings. The fourth-order valence-corrected chi connectivity index (χ4v) is 1.37. The second-order valence-electron chi connectivity index (χ2n) is 3.60. The summed E-state index contributed by atoms with van der Waals surface area (Å²) in [5, 5.41) is 0. The second kappa shape index (κ2) is 5.75. The highest BCUT2D eigenvalue weighted by atomic mass is 19.2. The second-order valence-corrected chi connectivity index (χ2v) is 3.60. The highest BCUT2D eigenvalue weighted by molar-refractivity contribution is 6.13. The highest BCUT2D eigenvalue weighted by Crippen LogP contribution is 2.20. The fraction of sp³-hybridized carbons (Fsp3) is 0.364. The van der Waals surface area contributed by atoms with Gasteiger partial charge in [-0.15, -0.1) is 0 Å². The molecule has 90 valence electrons. The third kappa shape index (κ3) is 3.80. The molecular weight excluding hydrogens is 232 g/mol. The van der Waals surface area contributed by atoms with Crippen LogP contribution in [0.15, 0.2) is 12.1 Å². The van der Waals surface area contributed by atoms with Crippen molar-refractivity contribution in [2.24, 2.45) is 0 Å². The molecular formula is C11H10BF3O2. The highest BCUT2D eigenvalue weighted by Gasteiger charge is 2.14. The molecule has 1 atom stereocenters. The van der Waals surface area contributed by atoms with Crippen molar-refractivity contribution in [1.29, 1.82) is 0 Å². The zero-order valence-corrected chi connectivity index (χ0v) is 9.17. The van der Waals surface area contributed by atoms with Gasteiger partial charge in [-0.25, -0.2) is 13.2 Å². The van der Waals surface area contributed by atoms with Crippen molar-refractivity contribution in [1.82, 2.24) is 0 Å². The lowest BCUT2D eigenvalue weighted by molar-refractivity contribution is -0.140. The van der Waals surface area contributed by atoms with Crippen LogP contribution in [0.25, 0.3) is 0 Å². The first-order valence-corrected chi connectivity index (χ1v) is 4.90. The molecule has 0 bridgehead atoms. The molecule has 6 heteroatoms. The number of methoxy groups -OCH3 is 1. The third-order valence-electron chi connectivity index (χ3n) is 2.23. The van der Waals surface area contributed by atoms with Crippen LogP contribution < -0.4 is 0 Å². The molecule has 0 saturated heterocycles. The summed E-state index contributed by atoms with van der Waals surface area (Å²) in [4.78, 5) is 10.9. The first-order valence-electron chi connectivity index (χ1n) is 4.90. The van der Waals surface area contributed by atoms with Gasteiger partial charge in [0.15, 0.2) is 11.6 Å². The van der Waals surface area contributed by atoms with Crippen LogP contribution in [0.2, 0.25) is 5.82 Å². The maximum Gasteiger partial charge on any atom is 0.305 e. The largest absolute Gasteiger partial charge is 0.469 e. The van der Waals surface area contributed by atoms with Crippen molar-refractivity contribution in [2.75, 3.05) is 7.11 Å². The van der Waals surface area contributed by atoms with E-state index in [1.807, 2.05) is 0 Å². The molecule has 2 nitrogen and oxygen atoms in total. The average Bonchev–Trinajstić information content (AvgIpc) is 2.25. The van der Waals surface area contributed by atoms with Gasteiger partial charge in [-0.2, -0.15) is 0 Å². The number of halogens is 3. The molecule has 1 aromatic rings. The van der Waals surface area contributed by atoms with Gasteiger partial charge in [0.05, 0.1) is 15.0 Å². The smallest absolute Gasteiger partial charge is 0.305 e. The van der Waals surface area contributed by atoms with E-state index < -0.39 is 29.2 Å². The van der Waals surface area contributed by atoms with Crippen LogP contribution in [0.4, 0.5) is 13.2 Å². The molecule has 0 aliphatic carbocycles. The molecule has 0 saturated carbocycles. The molecule has 0 N–H and O–H groups in total. The Labute approximate surface area is 98.2 Å². The normalized spacial score (nSPS) is 12.2. The summed E-state index contributed by atoms with van der Waals surface area (Å²) < 4.78 is 43.1. The summed E-state index contributed by atoms with van der Waals surface area (Å²) in [6.07, 6.45) is -0.187. The van der Waals surface area contributed by atoms with E-state index in [-0.39, 0.29) is 18.4 Å². The van der Waals surface area contributed by atoms with Crippen LogP contribution in [-0.2, 0) is 16.0 Å². The van der Waals surface area contributed by atoms with Crippen LogP contribution in [0.1, 0.15) is 12.0 Å². The molecule has 1 aromatic carbocycles. The molecule has 2 radical (unpaired) electrons. The van der Waals surface area contributed by atoms with Gasteiger partial charge in [0.2, 0.25) is 0 Å². The van der Waals surface area contributed by atoms with Crippen molar-refractivity contribution in [3.8, 4) is 0 Å². The van der Waals surface area contributed by atoms with E-state index in [2.05, 4.69) is 4.74 Å². The van der Waals surface area contributed by atoms with Crippen molar-refractivity contribution in [3.05, 3.63) is 35.1 Å².